The Labute approximate surface area is 791 Å². The van der Waals surface area contributed by atoms with Crippen molar-refractivity contribution in [2.75, 3.05) is 98.5 Å². The molecular weight excluding hydrogens is 1810 g/mol. The van der Waals surface area contributed by atoms with E-state index in [-0.39, 0.29) is 63.4 Å². The summed E-state index contributed by atoms with van der Waals surface area (Å²) in [4.78, 5) is 44.5. The van der Waals surface area contributed by atoms with E-state index >= 15 is 0 Å². The monoisotopic (exact) mass is 1930 g/mol. The van der Waals surface area contributed by atoms with Crippen LogP contribution in [0.5, 0.6) is 23.0 Å². The highest BCUT2D eigenvalue weighted by Crippen LogP contribution is 2.48. The zero-order valence-corrected chi connectivity index (χ0v) is 76.2. The van der Waals surface area contributed by atoms with Crippen LogP contribution in [0.25, 0.3) is 0 Å². The van der Waals surface area contributed by atoms with Crippen molar-refractivity contribution in [1.82, 2.24) is 24.9 Å². The third-order valence-corrected chi connectivity index (χ3v) is 25.0. The van der Waals surface area contributed by atoms with Gasteiger partial charge in [-0.3, -0.25) is 29.1 Å². The molecule has 2 saturated carbocycles. The molecule has 0 aromatic heterocycles. The number of likely N-dealkylation sites (tertiary alicyclic amines) is 4. The highest BCUT2D eigenvalue weighted by molar-refractivity contribution is 6.30. The first-order valence-electron chi connectivity index (χ1n) is 44.9. The number of piperidine rings is 5. The minimum atomic E-state index is -4.41. The molecule has 135 heavy (non-hydrogen) atoms. The Morgan fingerprint density at radius 2 is 0.778 bits per heavy atom. The standard InChI is InChI=1S/C24H25ClF3NO3.C20H22F3NO2.C13H16F3NO2.C13H17NO.C12H15NO.C11H11ClO2.C7H5F3O.C2H6O.CH4/c25-19-7-3-17(4-8-19)23(12-1-13-23)21(30)29-14-2-11-22(31,15-29)16-32-20-9-5-18(6-10-20)24(26,27)28;21-20(22,23)17-7-9-18(10-8-17)26-15-19(25)11-4-12-24(14-19)13-16-5-2-1-3-6-16;14-13(15,16)10-2-4-11(5-3-10)19-9-12(18)6-1-7-17-8-12;1-2-5-12(6-3-1)9-14-8-4-7-13(10-14)11-15-13;14-12-7-4-8-13(10-12)9-11-5-2-1-3-6-11;12-9-4-2-8(3-5-9)11(10(13)14)6-1-7-11;8-7(9,10)5-1-3-6(11)4-2-5;1-2-3;/h3-10,31H,1-2,11-16H2;1-3,5-10,25H,4,11-15H2;2-5,17-18H,1,6-9H2;1-3,5-6H,4,7-11H2;1-3,5-6H,4,7-10H2;2-5H,1,6-7H2,(H,13,14);1-4,11H;3H,2H2,1H3;1H4. The van der Waals surface area contributed by atoms with Crippen LogP contribution in [-0.4, -0.2) is 189 Å². The molecule has 6 heterocycles. The number of alkyl halides is 12. The van der Waals surface area contributed by atoms with Gasteiger partial charge in [0.15, 0.2) is 0 Å². The fourth-order valence-corrected chi connectivity index (χ4v) is 17.1. The normalized spacial score (nSPS) is 21.3. The number of aliphatic hydroxyl groups is 4. The molecule has 9 aromatic rings. The van der Waals surface area contributed by atoms with E-state index in [1.807, 2.05) is 72.8 Å². The average molecular weight is 1940 g/mol. The number of carboxylic acids is 1. The lowest BCUT2D eigenvalue weighted by Gasteiger charge is -2.47. The van der Waals surface area contributed by atoms with Gasteiger partial charge in [0.25, 0.3) is 0 Å². The number of benzene rings is 9. The second-order valence-electron chi connectivity index (χ2n) is 35.2. The van der Waals surface area contributed by atoms with Crippen molar-refractivity contribution < 1.29 is 117 Å². The zero-order valence-electron chi connectivity index (χ0n) is 74.7. The molecule has 17 rings (SSSR count). The second-order valence-corrected chi connectivity index (χ2v) is 36.0. The number of phenols is 1. The minimum Gasteiger partial charge on any atom is -0.508 e. The topological polar surface area (TPSA) is 238 Å². The van der Waals surface area contributed by atoms with Gasteiger partial charge in [-0.05, 0) is 266 Å². The predicted molar refractivity (Wildman–Crippen MR) is 494 cm³/mol. The molecular formula is C103H121Cl2F12N5O13. The Morgan fingerprint density at radius 3 is 1.14 bits per heavy atom. The quantitative estimate of drug-likeness (QED) is 0.0294. The first kappa shape index (κ1) is 109. The van der Waals surface area contributed by atoms with E-state index in [1.165, 1.54) is 72.5 Å². The molecule has 1 spiro atoms. The number of aliphatic hydroxyl groups excluding tert-OH is 1. The Morgan fingerprint density at radius 1 is 0.430 bits per heavy atom. The number of amides is 1. The van der Waals surface area contributed by atoms with E-state index in [2.05, 4.69) is 62.5 Å². The van der Waals surface area contributed by atoms with E-state index in [9.17, 15) is 87.5 Å². The number of carbonyl (C=O) groups excluding carboxylic acids is 2. The van der Waals surface area contributed by atoms with Gasteiger partial charge in [0.1, 0.15) is 71.0 Å². The Balaban J connectivity index is 0.000000181. The van der Waals surface area contributed by atoms with Crippen molar-refractivity contribution >= 4 is 40.9 Å². The van der Waals surface area contributed by atoms with E-state index in [0.717, 1.165) is 188 Å². The molecule has 4 atom stereocenters. The largest absolute Gasteiger partial charge is 0.508 e. The van der Waals surface area contributed by atoms with Gasteiger partial charge in [0.05, 0.1) is 52.8 Å². The Kier molecular flexibility index (Phi) is 40.3. The molecule has 1 amide bonds. The summed E-state index contributed by atoms with van der Waals surface area (Å²) in [7, 11) is 0. The number of rotatable bonds is 19. The zero-order chi connectivity index (χ0) is 96.9. The number of hydrogen-bond donors (Lipinski definition) is 7. The van der Waals surface area contributed by atoms with Crippen molar-refractivity contribution in [2.24, 2.45) is 0 Å². The number of nitrogens with zero attached hydrogens (tertiary/aromatic N) is 4. The third kappa shape index (κ3) is 34.1. The molecule has 8 fully saturated rings. The molecule has 7 N–H and O–H groups in total. The Bertz CT molecular complexity index is 5040. The molecule has 0 radical (unpaired) electrons. The maximum atomic E-state index is 13.5. The second kappa shape index (κ2) is 50.0. The molecule has 734 valence electrons. The van der Waals surface area contributed by atoms with E-state index in [4.69, 9.17) is 52.4 Å². The van der Waals surface area contributed by atoms with Crippen molar-refractivity contribution in [3.05, 3.63) is 297 Å². The van der Waals surface area contributed by atoms with Crippen LogP contribution >= 0.6 is 23.2 Å². The lowest BCUT2D eigenvalue weighted by atomic mass is 9.63. The van der Waals surface area contributed by atoms with Crippen LogP contribution in [0.3, 0.4) is 0 Å². The summed E-state index contributed by atoms with van der Waals surface area (Å²) >= 11 is 11.8. The molecule has 6 saturated heterocycles. The fourth-order valence-electron chi connectivity index (χ4n) is 16.8. The van der Waals surface area contributed by atoms with Gasteiger partial charge in [-0.25, -0.2) is 0 Å². The average Bonchev–Trinajstić information content (AvgIpc) is 1.68. The summed E-state index contributed by atoms with van der Waals surface area (Å²) in [6.45, 7) is 13.1. The van der Waals surface area contributed by atoms with Crippen LogP contribution in [0, 0.1) is 0 Å². The maximum absolute atomic E-state index is 13.5. The van der Waals surface area contributed by atoms with Crippen LogP contribution < -0.4 is 19.5 Å². The van der Waals surface area contributed by atoms with Crippen molar-refractivity contribution in [1.29, 1.82) is 0 Å². The number of carbonyl (C=O) groups is 3. The van der Waals surface area contributed by atoms with Crippen LogP contribution in [0.4, 0.5) is 52.7 Å². The van der Waals surface area contributed by atoms with Crippen LogP contribution in [0.2, 0.25) is 10.0 Å². The summed E-state index contributed by atoms with van der Waals surface area (Å²) < 4.78 is 171. The molecule has 32 heteroatoms. The van der Waals surface area contributed by atoms with Gasteiger partial charge in [0.2, 0.25) is 5.91 Å². The number of halogens is 14. The number of aliphatic carboxylic acids is 1. The lowest BCUT2D eigenvalue weighted by Crippen LogP contribution is -2.59. The van der Waals surface area contributed by atoms with Gasteiger partial charge in [0, 0.05) is 68.9 Å². The summed E-state index contributed by atoms with van der Waals surface area (Å²) in [5.41, 5.74) is -1.41. The summed E-state index contributed by atoms with van der Waals surface area (Å²) in [6, 6.07) is 62.6. The number of carboxylic acid groups (broad SMARTS) is 1. The Hall–Kier alpha value is -9.83. The predicted octanol–water partition coefficient (Wildman–Crippen LogP) is 21.3. The van der Waals surface area contributed by atoms with Crippen molar-refractivity contribution in [3.63, 3.8) is 0 Å². The van der Waals surface area contributed by atoms with Gasteiger partial charge >= 0.3 is 30.7 Å². The number of Topliss-reactive ketones (excluding diaryl/α,β-unsaturated/α-hetero) is 1. The summed E-state index contributed by atoms with van der Waals surface area (Å²) in [5.74, 6) is 0.389. The van der Waals surface area contributed by atoms with E-state index in [1.54, 1.807) is 36.1 Å². The van der Waals surface area contributed by atoms with Crippen molar-refractivity contribution in [3.8, 4) is 23.0 Å². The van der Waals surface area contributed by atoms with Gasteiger partial charge in [-0.2, -0.15) is 52.7 Å². The van der Waals surface area contributed by atoms with Crippen LogP contribution in [0.15, 0.2) is 237 Å². The minimum absolute atomic E-state index is 0. The summed E-state index contributed by atoms with van der Waals surface area (Å²) in [5, 5.41) is 61.8. The van der Waals surface area contributed by atoms with Crippen LogP contribution in [-0.2, 0) is 74.3 Å². The lowest BCUT2D eigenvalue weighted by molar-refractivity contribution is -0.149. The molecule has 4 unspecified atom stereocenters. The summed E-state index contributed by atoms with van der Waals surface area (Å²) in [6.07, 6.45) is -4.16. The van der Waals surface area contributed by atoms with Gasteiger partial charge in [-0.1, -0.05) is 159 Å². The highest BCUT2D eigenvalue weighted by Gasteiger charge is 2.51. The number of epoxide rings is 1. The number of nitrogens with one attached hydrogen (secondary N) is 1. The maximum Gasteiger partial charge on any atom is 0.416 e. The first-order valence-corrected chi connectivity index (χ1v) is 45.6. The van der Waals surface area contributed by atoms with Crippen LogP contribution in [0.1, 0.15) is 167 Å². The number of ether oxygens (including phenoxy) is 4. The number of aromatic hydroxyl groups is 1. The molecule has 0 bridgehead atoms. The highest BCUT2D eigenvalue weighted by atomic mass is 35.5. The fraction of sp³-hybridized carbons (Fsp3) is 0.447. The van der Waals surface area contributed by atoms with Gasteiger partial charge in [-0.15, -0.1) is 0 Å². The smallest absolute Gasteiger partial charge is 0.416 e. The molecule has 9 aromatic carbocycles. The number of ketones is 1. The number of β-amino-alcohol motifs (C(OH)–C–C–N with tert-alkyl or cyclic N) is 3. The SMILES string of the molecule is C.CCO.O=C(N1CCCC(O)(COc2ccc(C(F)(F)F)cc2)C1)C1(c2ccc(Cl)cc2)CCC1.O=C(O)C1(c2ccc(Cl)cc2)CCC1.O=C1CCCN(Cc2ccccc2)C1.OC1(COc2ccc(C(F)(F)F)cc2)CCCN(Cc2ccccc2)C1.OC1(COc2ccc(C(F)(F)F)cc2)CCCNC1.Oc1ccc(C(F)(F)F)cc1.c1ccc(CN2CCCC3(CO3)C2)cc1. The van der Waals surface area contributed by atoms with E-state index < -0.39 is 80.6 Å². The molecule has 8 aliphatic rings. The first-order chi connectivity index (χ1) is 63.6. The molecule has 18 nitrogen and oxygen atoms in total. The van der Waals surface area contributed by atoms with E-state index in [0.29, 0.717) is 79.2 Å². The van der Waals surface area contributed by atoms with Crippen molar-refractivity contribution in [2.45, 2.75) is 195 Å². The van der Waals surface area contributed by atoms with Gasteiger partial charge < -0.3 is 59.8 Å². The third-order valence-electron chi connectivity index (χ3n) is 24.5. The number of hydrogen-bond acceptors (Lipinski definition) is 16. The molecule has 2 aliphatic carbocycles. The molecule has 6 aliphatic heterocycles. The number of phenolic OH excluding ortho intramolecular Hbond substituents is 1.